The first-order valence-corrected chi connectivity index (χ1v) is 12.2. The van der Waals surface area contributed by atoms with Crippen LogP contribution >= 0.6 is 35.0 Å². The average Bonchev–Trinajstić information content (AvgIpc) is 3.23. The summed E-state index contributed by atoms with van der Waals surface area (Å²) in [6.45, 7) is 7.90. The molecule has 1 fully saturated rings. The summed E-state index contributed by atoms with van der Waals surface area (Å²) in [5.74, 6) is 0.993. The normalized spacial score (nSPS) is 14.0. The van der Waals surface area contributed by atoms with E-state index in [0.29, 0.717) is 34.0 Å². The van der Waals surface area contributed by atoms with E-state index < -0.39 is 0 Å². The monoisotopic (exact) mass is 488 g/mol. The highest BCUT2D eigenvalue weighted by Crippen LogP contribution is 2.37. The predicted octanol–water partition coefficient (Wildman–Crippen LogP) is 6.77. The molecule has 3 aromatic rings. The minimum Gasteiger partial charge on any atom is -0.489 e. The largest absolute Gasteiger partial charge is 0.489 e. The third kappa shape index (κ3) is 6.29. The molecule has 168 valence electrons. The van der Waals surface area contributed by atoms with E-state index in [1.54, 1.807) is 30.1 Å². The molecule has 0 unspecified atom stereocenters. The molecule has 1 aliphatic rings. The average molecular weight is 489 g/mol. The first-order chi connectivity index (χ1) is 15.5. The van der Waals surface area contributed by atoms with Crippen molar-refractivity contribution in [1.82, 2.24) is 14.9 Å². The van der Waals surface area contributed by atoms with E-state index in [4.69, 9.17) is 27.9 Å². The van der Waals surface area contributed by atoms with Crippen molar-refractivity contribution in [3.05, 3.63) is 63.8 Å². The molecule has 2 heterocycles. The maximum atomic E-state index is 6.46. The lowest BCUT2D eigenvalue weighted by Gasteiger charge is -2.16. The van der Waals surface area contributed by atoms with E-state index in [-0.39, 0.29) is 0 Å². The summed E-state index contributed by atoms with van der Waals surface area (Å²) < 4.78 is 5.87. The fraction of sp³-hybridized carbons (Fsp3) is 0.333. The Balaban J connectivity index is 1.41. The maximum absolute atomic E-state index is 6.46. The van der Waals surface area contributed by atoms with Gasteiger partial charge < -0.3 is 10.1 Å². The summed E-state index contributed by atoms with van der Waals surface area (Å²) in [6.07, 6.45) is 4.25. The van der Waals surface area contributed by atoms with Gasteiger partial charge in [0.15, 0.2) is 5.75 Å². The van der Waals surface area contributed by atoms with Crippen LogP contribution in [0.15, 0.2) is 52.5 Å². The van der Waals surface area contributed by atoms with Gasteiger partial charge >= 0.3 is 0 Å². The van der Waals surface area contributed by atoms with Crippen molar-refractivity contribution in [3.63, 3.8) is 0 Å². The number of benzene rings is 2. The molecule has 4 rings (SSSR count). The summed E-state index contributed by atoms with van der Waals surface area (Å²) in [5, 5.41) is 4.97. The summed E-state index contributed by atoms with van der Waals surface area (Å²) in [7, 11) is 0. The van der Waals surface area contributed by atoms with Crippen LogP contribution in [0, 0.1) is 13.8 Å². The zero-order valence-electron chi connectivity index (χ0n) is 18.2. The lowest BCUT2D eigenvalue weighted by atomic mass is 10.2. The van der Waals surface area contributed by atoms with E-state index in [1.165, 1.54) is 24.0 Å². The topological polar surface area (TPSA) is 50.3 Å². The number of nitrogens with zero attached hydrogens (tertiary/aromatic N) is 3. The highest BCUT2D eigenvalue weighted by molar-refractivity contribution is 7.99. The second-order valence-corrected chi connectivity index (χ2v) is 9.84. The van der Waals surface area contributed by atoms with Crippen molar-refractivity contribution in [2.24, 2.45) is 0 Å². The number of aromatic nitrogens is 2. The molecule has 1 aliphatic heterocycles. The van der Waals surface area contributed by atoms with Crippen LogP contribution < -0.4 is 10.1 Å². The number of likely N-dealkylation sites (tertiary alicyclic amines) is 1. The van der Waals surface area contributed by atoms with Gasteiger partial charge in [-0.15, -0.1) is 0 Å². The maximum Gasteiger partial charge on any atom is 0.228 e. The summed E-state index contributed by atoms with van der Waals surface area (Å²) in [6, 6.07) is 11.9. The zero-order valence-corrected chi connectivity index (χ0v) is 20.5. The fourth-order valence-electron chi connectivity index (χ4n) is 3.75. The van der Waals surface area contributed by atoms with Crippen molar-refractivity contribution in [2.45, 2.75) is 36.6 Å². The molecule has 5 nitrogen and oxygen atoms in total. The third-order valence-corrected chi connectivity index (χ3v) is 6.62. The number of anilines is 2. The lowest BCUT2D eigenvalue weighted by molar-refractivity contribution is 0.238. The van der Waals surface area contributed by atoms with Crippen LogP contribution in [0.4, 0.5) is 11.6 Å². The van der Waals surface area contributed by atoms with Crippen molar-refractivity contribution < 1.29 is 4.74 Å². The number of halogens is 2. The van der Waals surface area contributed by atoms with Gasteiger partial charge in [-0.25, -0.2) is 9.97 Å². The van der Waals surface area contributed by atoms with E-state index in [0.717, 1.165) is 29.6 Å². The van der Waals surface area contributed by atoms with Crippen LogP contribution in [0.3, 0.4) is 0 Å². The van der Waals surface area contributed by atoms with Crippen LogP contribution in [-0.2, 0) is 0 Å². The number of nitrogens with one attached hydrogen (secondary N) is 1. The fourth-order valence-corrected chi connectivity index (χ4v) is 5.34. The highest BCUT2D eigenvalue weighted by Gasteiger charge is 2.14. The van der Waals surface area contributed by atoms with Gasteiger partial charge in [-0.3, -0.25) is 4.90 Å². The second kappa shape index (κ2) is 10.8. The molecule has 32 heavy (non-hydrogen) atoms. The molecule has 1 N–H and O–H groups in total. The van der Waals surface area contributed by atoms with Crippen LogP contribution in [0.5, 0.6) is 5.75 Å². The quantitative estimate of drug-likeness (QED) is 0.353. The number of hydrogen-bond donors (Lipinski definition) is 1. The Morgan fingerprint density at radius 2 is 1.72 bits per heavy atom. The minimum absolute atomic E-state index is 0.460. The Morgan fingerprint density at radius 1 is 1.03 bits per heavy atom. The van der Waals surface area contributed by atoms with E-state index >= 15 is 0 Å². The molecular formula is C24H26Cl2N4OS. The Labute approximate surface area is 203 Å². The molecule has 0 saturated carbocycles. The Hall–Kier alpha value is -1.99. The molecule has 0 bridgehead atoms. The standard InChI is InChI=1S/C24H26Cl2N4OS/c1-16-11-17(2)13-19(12-16)32-22-5-6-27-24(29-22)28-18-14-20(25)23(21(26)15-18)31-10-9-30-7-3-4-8-30/h5-6,11-15H,3-4,7-10H2,1-2H3,(H,27,28,29). The van der Waals surface area contributed by atoms with Gasteiger partial charge in [0.25, 0.3) is 0 Å². The van der Waals surface area contributed by atoms with Crippen molar-refractivity contribution in [1.29, 1.82) is 0 Å². The first-order valence-electron chi connectivity index (χ1n) is 10.7. The summed E-state index contributed by atoms with van der Waals surface area (Å²) in [5.41, 5.74) is 3.17. The van der Waals surface area contributed by atoms with Gasteiger partial charge in [-0.05, 0) is 81.2 Å². The Morgan fingerprint density at radius 3 is 2.41 bits per heavy atom. The van der Waals surface area contributed by atoms with Gasteiger partial charge in [-0.1, -0.05) is 41.0 Å². The summed E-state index contributed by atoms with van der Waals surface area (Å²) >= 11 is 14.5. The molecule has 1 saturated heterocycles. The first kappa shape index (κ1) is 23.2. The van der Waals surface area contributed by atoms with Crippen molar-refractivity contribution in [2.75, 3.05) is 31.6 Å². The van der Waals surface area contributed by atoms with Crippen molar-refractivity contribution >= 4 is 46.6 Å². The molecule has 0 aliphatic carbocycles. The van der Waals surface area contributed by atoms with Gasteiger partial charge in [0.2, 0.25) is 5.95 Å². The molecule has 8 heteroatoms. The number of rotatable bonds is 8. The zero-order chi connectivity index (χ0) is 22.5. The number of ether oxygens (including phenoxy) is 1. The van der Waals surface area contributed by atoms with E-state index in [9.17, 15) is 0 Å². The molecule has 0 spiro atoms. The predicted molar refractivity (Wildman–Crippen MR) is 133 cm³/mol. The van der Waals surface area contributed by atoms with E-state index in [2.05, 4.69) is 52.2 Å². The summed E-state index contributed by atoms with van der Waals surface area (Å²) in [4.78, 5) is 12.5. The van der Waals surface area contributed by atoms with Gasteiger partial charge in [0.1, 0.15) is 11.6 Å². The van der Waals surface area contributed by atoms with Gasteiger partial charge in [0.05, 0.1) is 10.0 Å². The van der Waals surface area contributed by atoms with Crippen LogP contribution in [0.2, 0.25) is 10.0 Å². The van der Waals surface area contributed by atoms with Crippen LogP contribution in [0.25, 0.3) is 0 Å². The smallest absolute Gasteiger partial charge is 0.228 e. The molecule has 2 aromatic carbocycles. The second-order valence-electron chi connectivity index (χ2n) is 7.94. The third-order valence-electron chi connectivity index (χ3n) is 5.15. The van der Waals surface area contributed by atoms with E-state index in [1.807, 2.05) is 6.07 Å². The minimum atomic E-state index is 0.460. The van der Waals surface area contributed by atoms with Gasteiger partial charge in [0, 0.05) is 23.3 Å². The Bertz CT molecular complexity index is 1050. The number of hydrogen-bond acceptors (Lipinski definition) is 6. The molecule has 0 amide bonds. The van der Waals surface area contributed by atoms with Crippen LogP contribution in [-0.4, -0.2) is 41.1 Å². The molecular weight excluding hydrogens is 463 g/mol. The Kier molecular flexibility index (Phi) is 7.79. The van der Waals surface area contributed by atoms with Crippen LogP contribution in [0.1, 0.15) is 24.0 Å². The lowest BCUT2D eigenvalue weighted by Crippen LogP contribution is -2.25. The number of aryl methyl sites for hydroxylation is 2. The highest BCUT2D eigenvalue weighted by atomic mass is 35.5. The molecule has 0 atom stereocenters. The van der Waals surface area contributed by atoms with Gasteiger partial charge in [-0.2, -0.15) is 0 Å². The van der Waals surface area contributed by atoms with Crippen molar-refractivity contribution in [3.8, 4) is 5.75 Å². The molecule has 0 radical (unpaired) electrons. The SMILES string of the molecule is Cc1cc(C)cc(Sc2ccnc(Nc3cc(Cl)c(OCCN4CCCC4)c(Cl)c3)n2)c1. The molecule has 1 aromatic heterocycles.